The number of amides is 1. The zero-order valence-corrected chi connectivity index (χ0v) is 14.8. The number of methoxy groups -OCH3 is 1. The standard InChI is InChI=1S/C17H24N2O4S/c1-23-17(22)15-12-4-2-3-5-13(12)24-16(15)18-14(21)10-19-8-6-11(20)7-9-19/h11,20H,2-10H2,1H3,(H,18,21). The average Bonchev–Trinajstić information content (AvgIpc) is 2.94. The number of aryl methyl sites for hydroxylation is 1. The fourth-order valence-corrected chi connectivity index (χ4v) is 4.71. The van der Waals surface area contributed by atoms with Crippen molar-refractivity contribution in [1.82, 2.24) is 4.90 Å². The van der Waals surface area contributed by atoms with Gasteiger partial charge < -0.3 is 15.2 Å². The first-order valence-electron chi connectivity index (χ1n) is 8.51. The molecule has 0 spiro atoms. The van der Waals surface area contributed by atoms with Gasteiger partial charge in [0.1, 0.15) is 5.00 Å². The fraction of sp³-hybridized carbons (Fsp3) is 0.647. The van der Waals surface area contributed by atoms with Crippen LogP contribution in [0.25, 0.3) is 0 Å². The van der Waals surface area contributed by atoms with E-state index in [4.69, 9.17) is 4.74 Å². The van der Waals surface area contributed by atoms with Crippen molar-refractivity contribution in [3.8, 4) is 0 Å². The van der Waals surface area contributed by atoms with Crippen molar-refractivity contribution in [1.29, 1.82) is 0 Å². The first-order valence-corrected chi connectivity index (χ1v) is 9.33. The summed E-state index contributed by atoms with van der Waals surface area (Å²) in [5, 5.41) is 13.1. The minimum Gasteiger partial charge on any atom is -0.465 e. The van der Waals surface area contributed by atoms with Crippen molar-refractivity contribution in [2.75, 3.05) is 32.1 Å². The lowest BCUT2D eigenvalue weighted by atomic mass is 9.95. The van der Waals surface area contributed by atoms with E-state index in [9.17, 15) is 14.7 Å². The molecule has 2 aliphatic rings. The highest BCUT2D eigenvalue weighted by molar-refractivity contribution is 7.17. The summed E-state index contributed by atoms with van der Waals surface area (Å²) in [6.45, 7) is 1.73. The number of carbonyl (C=O) groups is 2. The van der Waals surface area contributed by atoms with E-state index < -0.39 is 0 Å². The van der Waals surface area contributed by atoms with Crippen LogP contribution in [-0.2, 0) is 22.4 Å². The molecule has 1 aliphatic carbocycles. The van der Waals surface area contributed by atoms with Gasteiger partial charge in [-0.1, -0.05) is 0 Å². The van der Waals surface area contributed by atoms with E-state index in [2.05, 4.69) is 5.32 Å². The number of nitrogens with one attached hydrogen (secondary N) is 1. The predicted octanol–water partition coefficient (Wildman–Crippen LogP) is 1.81. The third-order valence-electron chi connectivity index (χ3n) is 4.74. The average molecular weight is 352 g/mol. The monoisotopic (exact) mass is 352 g/mol. The molecule has 3 rings (SSSR count). The Morgan fingerprint density at radius 2 is 2.00 bits per heavy atom. The number of piperidine rings is 1. The summed E-state index contributed by atoms with van der Waals surface area (Å²) in [4.78, 5) is 27.8. The van der Waals surface area contributed by atoms with Gasteiger partial charge in [-0.2, -0.15) is 0 Å². The van der Waals surface area contributed by atoms with Crippen molar-refractivity contribution in [3.63, 3.8) is 0 Å². The van der Waals surface area contributed by atoms with E-state index in [0.717, 1.165) is 44.3 Å². The van der Waals surface area contributed by atoms with Gasteiger partial charge in [0, 0.05) is 18.0 Å². The third kappa shape index (κ3) is 3.79. The van der Waals surface area contributed by atoms with Crippen molar-refractivity contribution >= 4 is 28.2 Å². The molecule has 6 nitrogen and oxygen atoms in total. The Kier molecular flexibility index (Phi) is 5.53. The molecule has 0 unspecified atom stereocenters. The molecule has 0 atom stereocenters. The maximum atomic E-state index is 12.4. The summed E-state index contributed by atoms with van der Waals surface area (Å²) in [7, 11) is 1.37. The van der Waals surface area contributed by atoms with Crippen molar-refractivity contribution < 1.29 is 19.4 Å². The Morgan fingerprint density at radius 1 is 1.29 bits per heavy atom. The van der Waals surface area contributed by atoms with Gasteiger partial charge in [0.05, 0.1) is 25.3 Å². The molecule has 1 aliphatic heterocycles. The molecule has 132 valence electrons. The molecule has 0 radical (unpaired) electrons. The smallest absolute Gasteiger partial charge is 0.341 e. The van der Waals surface area contributed by atoms with Crippen LogP contribution in [0.1, 0.15) is 46.5 Å². The zero-order valence-electron chi connectivity index (χ0n) is 14.0. The number of thiophene rings is 1. The molecule has 0 saturated carbocycles. The Bertz CT molecular complexity index is 620. The number of aliphatic hydroxyl groups is 1. The number of anilines is 1. The summed E-state index contributed by atoms with van der Waals surface area (Å²) in [6.07, 6.45) is 5.18. The molecule has 1 fully saturated rings. The second-order valence-electron chi connectivity index (χ2n) is 6.46. The highest BCUT2D eigenvalue weighted by Crippen LogP contribution is 2.38. The van der Waals surface area contributed by atoms with Gasteiger partial charge in [0.25, 0.3) is 0 Å². The van der Waals surface area contributed by atoms with Gasteiger partial charge in [-0.3, -0.25) is 9.69 Å². The minimum absolute atomic E-state index is 0.116. The second-order valence-corrected chi connectivity index (χ2v) is 7.57. The van der Waals surface area contributed by atoms with Crippen LogP contribution in [0.15, 0.2) is 0 Å². The molecule has 1 amide bonds. The summed E-state index contributed by atoms with van der Waals surface area (Å²) in [5.74, 6) is -0.485. The molecule has 7 heteroatoms. The van der Waals surface area contributed by atoms with E-state index in [1.165, 1.54) is 23.3 Å². The SMILES string of the molecule is COC(=O)c1c(NC(=O)CN2CCC(O)CC2)sc2c1CCCC2. The maximum Gasteiger partial charge on any atom is 0.341 e. The molecule has 1 aromatic rings. The molecule has 2 heterocycles. The van der Waals surface area contributed by atoms with E-state index >= 15 is 0 Å². The molecule has 0 aromatic carbocycles. The summed E-state index contributed by atoms with van der Waals surface area (Å²) < 4.78 is 4.92. The highest BCUT2D eigenvalue weighted by atomic mass is 32.1. The topological polar surface area (TPSA) is 78.9 Å². The number of hydrogen-bond donors (Lipinski definition) is 2. The first-order chi connectivity index (χ1) is 11.6. The fourth-order valence-electron chi connectivity index (χ4n) is 3.42. The van der Waals surface area contributed by atoms with Gasteiger partial charge in [-0.15, -0.1) is 11.3 Å². The summed E-state index contributed by atoms with van der Waals surface area (Å²) >= 11 is 1.51. The second kappa shape index (κ2) is 7.63. The number of fused-ring (bicyclic) bond motifs is 1. The summed E-state index contributed by atoms with van der Waals surface area (Å²) in [5.41, 5.74) is 1.59. The van der Waals surface area contributed by atoms with Gasteiger partial charge in [-0.05, 0) is 44.1 Å². The normalized spacial score (nSPS) is 18.9. The predicted molar refractivity (Wildman–Crippen MR) is 92.6 cm³/mol. The molecular weight excluding hydrogens is 328 g/mol. The van der Waals surface area contributed by atoms with Crippen LogP contribution in [0.5, 0.6) is 0 Å². The maximum absolute atomic E-state index is 12.4. The van der Waals surface area contributed by atoms with Crippen LogP contribution < -0.4 is 5.32 Å². The third-order valence-corrected chi connectivity index (χ3v) is 5.95. The van der Waals surface area contributed by atoms with Crippen LogP contribution in [-0.4, -0.2) is 54.7 Å². The molecule has 0 bridgehead atoms. The van der Waals surface area contributed by atoms with Gasteiger partial charge in [-0.25, -0.2) is 4.79 Å². The number of likely N-dealkylation sites (tertiary alicyclic amines) is 1. The molecule has 1 saturated heterocycles. The number of esters is 1. The van der Waals surface area contributed by atoms with Crippen LogP contribution in [0.3, 0.4) is 0 Å². The van der Waals surface area contributed by atoms with Crippen LogP contribution in [0.4, 0.5) is 5.00 Å². The quantitative estimate of drug-likeness (QED) is 0.808. The Balaban J connectivity index is 1.71. The number of carbonyl (C=O) groups excluding carboxylic acids is 2. The zero-order chi connectivity index (χ0) is 17.1. The molecular formula is C17H24N2O4S. The first kappa shape index (κ1) is 17.4. The van der Waals surface area contributed by atoms with Crippen LogP contribution in [0.2, 0.25) is 0 Å². The lowest BCUT2D eigenvalue weighted by Gasteiger charge is -2.28. The number of rotatable bonds is 4. The lowest BCUT2D eigenvalue weighted by molar-refractivity contribution is -0.117. The van der Waals surface area contributed by atoms with Crippen LogP contribution >= 0.6 is 11.3 Å². The Labute approximate surface area is 145 Å². The molecule has 1 aromatic heterocycles. The van der Waals surface area contributed by atoms with Gasteiger partial charge in [0.15, 0.2) is 0 Å². The van der Waals surface area contributed by atoms with E-state index in [0.29, 0.717) is 23.4 Å². The van der Waals surface area contributed by atoms with Crippen molar-refractivity contribution in [2.45, 2.75) is 44.6 Å². The van der Waals surface area contributed by atoms with E-state index in [1.54, 1.807) is 0 Å². The largest absolute Gasteiger partial charge is 0.465 e. The van der Waals surface area contributed by atoms with E-state index in [-0.39, 0.29) is 24.5 Å². The van der Waals surface area contributed by atoms with Crippen LogP contribution in [0, 0.1) is 0 Å². The highest BCUT2D eigenvalue weighted by Gasteiger charge is 2.27. The van der Waals surface area contributed by atoms with Gasteiger partial charge >= 0.3 is 5.97 Å². The molecule has 2 N–H and O–H groups in total. The van der Waals surface area contributed by atoms with Gasteiger partial charge in [0.2, 0.25) is 5.91 Å². The van der Waals surface area contributed by atoms with E-state index in [1.807, 2.05) is 4.90 Å². The number of aliphatic hydroxyl groups excluding tert-OH is 1. The lowest BCUT2D eigenvalue weighted by Crippen LogP contribution is -2.40. The van der Waals surface area contributed by atoms with Crippen molar-refractivity contribution in [2.24, 2.45) is 0 Å². The number of ether oxygens (including phenoxy) is 1. The summed E-state index contributed by atoms with van der Waals surface area (Å²) in [6, 6.07) is 0. The van der Waals surface area contributed by atoms with Crippen molar-refractivity contribution in [3.05, 3.63) is 16.0 Å². The number of hydrogen-bond acceptors (Lipinski definition) is 6. The molecule has 24 heavy (non-hydrogen) atoms. The Hall–Kier alpha value is -1.44. The Morgan fingerprint density at radius 3 is 2.71 bits per heavy atom. The number of nitrogens with zero attached hydrogens (tertiary/aromatic N) is 1. The minimum atomic E-state index is -0.370.